The summed E-state index contributed by atoms with van der Waals surface area (Å²) in [5.41, 5.74) is 1.26. The summed E-state index contributed by atoms with van der Waals surface area (Å²) in [4.78, 5) is 24.3. The van der Waals surface area contributed by atoms with Gasteiger partial charge in [0.15, 0.2) is 0 Å². The van der Waals surface area contributed by atoms with Gasteiger partial charge < -0.3 is 10.4 Å². The fraction of sp³-hybridized carbons (Fsp3) is 0.538. The highest BCUT2D eigenvalue weighted by Gasteiger charge is 2.40. The minimum atomic E-state index is -0.923. The third kappa shape index (κ3) is 1.82. The van der Waals surface area contributed by atoms with Crippen molar-refractivity contribution < 1.29 is 14.7 Å². The van der Waals surface area contributed by atoms with E-state index in [1.165, 1.54) is 11.3 Å². The number of carboxylic acid groups (broad SMARTS) is 1. The first-order valence-corrected chi connectivity index (χ1v) is 7.08. The number of nitrogens with one attached hydrogen (secondary N) is 1. The summed E-state index contributed by atoms with van der Waals surface area (Å²) in [5, 5.41) is 12.6. The number of rotatable bonds is 3. The molecule has 18 heavy (non-hydrogen) atoms. The number of carboxylic acids is 1. The Morgan fingerprint density at radius 1 is 1.39 bits per heavy atom. The summed E-state index contributed by atoms with van der Waals surface area (Å²) in [6.07, 6.45) is 3.70. The summed E-state index contributed by atoms with van der Waals surface area (Å²) in [5.74, 6) is -0.438. The molecule has 1 saturated carbocycles. The van der Waals surface area contributed by atoms with Gasteiger partial charge in [0.05, 0.1) is 5.56 Å². The lowest BCUT2D eigenvalue weighted by atomic mass is 10.1. The molecule has 3 rings (SSSR count). The molecule has 1 aromatic heterocycles. The average Bonchev–Trinajstić information content (AvgIpc) is 2.70. The Morgan fingerprint density at radius 2 is 2.11 bits per heavy atom. The van der Waals surface area contributed by atoms with Crippen molar-refractivity contribution >= 4 is 28.2 Å². The molecule has 0 aliphatic heterocycles. The SMILES string of the molecule is C[C@@H]1C[C@H]1C(=O)Nc1sc2c(c1C(=O)O)CCC2. The topological polar surface area (TPSA) is 66.4 Å². The molecule has 2 N–H and O–H groups in total. The molecule has 0 bridgehead atoms. The van der Waals surface area contributed by atoms with E-state index in [4.69, 9.17) is 0 Å². The van der Waals surface area contributed by atoms with Gasteiger partial charge in [0.2, 0.25) is 5.91 Å². The number of aryl methyl sites for hydroxylation is 1. The summed E-state index contributed by atoms with van der Waals surface area (Å²) in [7, 11) is 0. The number of aromatic carboxylic acids is 1. The van der Waals surface area contributed by atoms with Crippen LogP contribution in [-0.4, -0.2) is 17.0 Å². The quantitative estimate of drug-likeness (QED) is 0.882. The van der Waals surface area contributed by atoms with Crippen LogP contribution in [0.2, 0.25) is 0 Å². The first kappa shape index (κ1) is 11.7. The molecule has 1 heterocycles. The molecule has 1 fully saturated rings. The van der Waals surface area contributed by atoms with Crippen LogP contribution in [0.5, 0.6) is 0 Å². The van der Waals surface area contributed by atoms with Crippen molar-refractivity contribution in [2.45, 2.75) is 32.6 Å². The van der Waals surface area contributed by atoms with Gasteiger partial charge in [0, 0.05) is 10.8 Å². The normalized spacial score (nSPS) is 24.7. The lowest BCUT2D eigenvalue weighted by Gasteiger charge is -2.04. The third-order valence-corrected chi connectivity index (χ3v) is 5.03. The zero-order chi connectivity index (χ0) is 12.9. The highest BCUT2D eigenvalue weighted by atomic mass is 32.1. The molecule has 2 aliphatic rings. The first-order valence-electron chi connectivity index (χ1n) is 6.26. The van der Waals surface area contributed by atoms with Crippen molar-refractivity contribution in [2.75, 3.05) is 5.32 Å². The molecule has 2 atom stereocenters. The van der Waals surface area contributed by atoms with E-state index in [9.17, 15) is 14.7 Å². The summed E-state index contributed by atoms with van der Waals surface area (Å²) in [6, 6.07) is 0. The van der Waals surface area contributed by atoms with Gasteiger partial charge in [-0.25, -0.2) is 4.79 Å². The van der Waals surface area contributed by atoms with Crippen molar-refractivity contribution in [3.05, 3.63) is 16.0 Å². The highest BCUT2D eigenvalue weighted by Crippen LogP contribution is 2.42. The van der Waals surface area contributed by atoms with Gasteiger partial charge in [0.1, 0.15) is 5.00 Å². The number of fused-ring (bicyclic) bond motifs is 1. The van der Waals surface area contributed by atoms with Gasteiger partial charge in [-0.1, -0.05) is 6.92 Å². The van der Waals surface area contributed by atoms with Crippen LogP contribution in [0.3, 0.4) is 0 Å². The smallest absolute Gasteiger partial charge is 0.339 e. The van der Waals surface area contributed by atoms with E-state index in [0.717, 1.165) is 36.1 Å². The molecule has 0 saturated heterocycles. The molecule has 5 heteroatoms. The van der Waals surface area contributed by atoms with Gasteiger partial charge in [-0.05, 0) is 37.2 Å². The lowest BCUT2D eigenvalue weighted by Crippen LogP contribution is -2.16. The van der Waals surface area contributed by atoms with E-state index < -0.39 is 5.97 Å². The third-order valence-electron chi connectivity index (χ3n) is 3.82. The Morgan fingerprint density at radius 3 is 2.72 bits per heavy atom. The predicted molar refractivity (Wildman–Crippen MR) is 69.2 cm³/mol. The van der Waals surface area contributed by atoms with E-state index >= 15 is 0 Å². The molecule has 0 aromatic carbocycles. The number of carbonyl (C=O) groups is 2. The van der Waals surface area contributed by atoms with E-state index in [-0.39, 0.29) is 11.8 Å². The van der Waals surface area contributed by atoms with E-state index in [2.05, 4.69) is 5.32 Å². The molecule has 0 spiro atoms. The van der Waals surface area contributed by atoms with Crippen molar-refractivity contribution in [2.24, 2.45) is 11.8 Å². The van der Waals surface area contributed by atoms with Crippen molar-refractivity contribution in [1.29, 1.82) is 0 Å². The van der Waals surface area contributed by atoms with E-state index in [1.54, 1.807) is 0 Å². The molecular formula is C13H15NO3S. The Labute approximate surface area is 109 Å². The molecular weight excluding hydrogens is 250 g/mol. The zero-order valence-electron chi connectivity index (χ0n) is 10.2. The second-order valence-corrected chi connectivity index (χ2v) is 6.28. The zero-order valence-corrected chi connectivity index (χ0v) is 11.0. The number of anilines is 1. The van der Waals surface area contributed by atoms with E-state index in [1.807, 2.05) is 6.92 Å². The highest BCUT2D eigenvalue weighted by molar-refractivity contribution is 7.17. The largest absolute Gasteiger partial charge is 0.478 e. The Balaban J connectivity index is 1.87. The van der Waals surface area contributed by atoms with Crippen LogP contribution >= 0.6 is 11.3 Å². The fourth-order valence-corrected chi connectivity index (χ4v) is 3.89. The number of hydrogen-bond acceptors (Lipinski definition) is 3. The predicted octanol–water partition coefficient (Wildman–Crippen LogP) is 2.53. The van der Waals surface area contributed by atoms with E-state index in [0.29, 0.717) is 16.5 Å². The molecule has 1 amide bonds. The molecule has 0 unspecified atom stereocenters. The Kier molecular flexibility index (Phi) is 2.66. The van der Waals surface area contributed by atoms with Crippen molar-refractivity contribution in [3.8, 4) is 0 Å². The van der Waals surface area contributed by atoms with Crippen LogP contribution in [0.15, 0.2) is 0 Å². The minimum Gasteiger partial charge on any atom is -0.478 e. The minimum absolute atomic E-state index is 0.0232. The molecule has 2 aliphatic carbocycles. The maximum atomic E-state index is 11.9. The second-order valence-electron chi connectivity index (χ2n) is 5.18. The summed E-state index contributed by atoms with van der Waals surface area (Å²) in [6.45, 7) is 2.04. The van der Waals surface area contributed by atoms with Crippen LogP contribution in [0.4, 0.5) is 5.00 Å². The van der Waals surface area contributed by atoms with Gasteiger partial charge in [-0.15, -0.1) is 11.3 Å². The van der Waals surface area contributed by atoms with Crippen molar-refractivity contribution in [1.82, 2.24) is 0 Å². The number of amides is 1. The number of hydrogen-bond donors (Lipinski definition) is 2. The molecule has 1 aromatic rings. The molecule has 4 nitrogen and oxygen atoms in total. The van der Waals surface area contributed by atoms with Crippen molar-refractivity contribution in [3.63, 3.8) is 0 Å². The van der Waals surface area contributed by atoms with Gasteiger partial charge in [-0.2, -0.15) is 0 Å². The van der Waals surface area contributed by atoms with Crippen LogP contribution in [0, 0.1) is 11.8 Å². The standard InChI is InChI=1S/C13H15NO3S/c1-6-5-8(6)11(15)14-12-10(13(16)17)7-3-2-4-9(7)18-12/h6,8H,2-5H2,1H3,(H,14,15)(H,16,17)/t6-,8-/m1/s1. The monoisotopic (exact) mass is 265 g/mol. The van der Waals surface area contributed by atoms with Crippen LogP contribution < -0.4 is 5.32 Å². The van der Waals surface area contributed by atoms with Gasteiger partial charge >= 0.3 is 5.97 Å². The van der Waals surface area contributed by atoms with Crippen LogP contribution in [0.25, 0.3) is 0 Å². The first-order chi connectivity index (χ1) is 8.58. The maximum absolute atomic E-state index is 11.9. The second kappa shape index (κ2) is 4.09. The van der Waals surface area contributed by atoms with Crippen LogP contribution in [-0.2, 0) is 17.6 Å². The molecule has 0 radical (unpaired) electrons. The average molecular weight is 265 g/mol. The number of thiophene rings is 1. The lowest BCUT2D eigenvalue weighted by molar-refractivity contribution is -0.117. The number of carbonyl (C=O) groups excluding carboxylic acids is 1. The maximum Gasteiger partial charge on any atom is 0.339 e. The summed E-state index contributed by atoms with van der Waals surface area (Å²) >= 11 is 1.44. The molecule has 96 valence electrons. The van der Waals surface area contributed by atoms with Gasteiger partial charge in [0.25, 0.3) is 0 Å². The van der Waals surface area contributed by atoms with Crippen LogP contribution in [0.1, 0.15) is 40.6 Å². The van der Waals surface area contributed by atoms with Gasteiger partial charge in [-0.3, -0.25) is 4.79 Å². The summed E-state index contributed by atoms with van der Waals surface area (Å²) < 4.78 is 0. The Bertz CT molecular complexity index is 535. The Hall–Kier alpha value is -1.36. The fourth-order valence-electron chi connectivity index (χ4n) is 2.61.